The highest BCUT2D eigenvalue weighted by Crippen LogP contribution is 2.35. The van der Waals surface area contributed by atoms with E-state index in [-0.39, 0.29) is 17.5 Å². The van der Waals surface area contributed by atoms with Crippen LogP contribution in [0.5, 0.6) is 28.7 Å². The van der Waals surface area contributed by atoms with Crippen molar-refractivity contribution in [3.05, 3.63) is 41.5 Å². The zero-order valence-electron chi connectivity index (χ0n) is 16.7. The van der Waals surface area contributed by atoms with E-state index in [0.29, 0.717) is 43.0 Å². The smallest absolute Gasteiger partial charge is 0.253 e. The van der Waals surface area contributed by atoms with Crippen molar-refractivity contribution in [3.63, 3.8) is 0 Å². The summed E-state index contributed by atoms with van der Waals surface area (Å²) in [5.41, 5.74) is 0.525. The average Bonchev–Trinajstić information content (AvgIpc) is 2.76. The van der Waals surface area contributed by atoms with Crippen LogP contribution >= 0.6 is 0 Å². The summed E-state index contributed by atoms with van der Waals surface area (Å²) >= 11 is 0. The van der Waals surface area contributed by atoms with Gasteiger partial charge in [-0.2, -0.15) is 0 Å². The molecule has 0 spiro atoms. The molecule has 0 saturated carbocycles. The molecule has 1 fully saturated rings. The van der Waals surface area contributed by atoms with Gasteiger partial charge in [-0.15, -0.1) is 0 Å². The Morgan fingerprint density at radius 1 is 0.933 bits per heavy atom. The van der Waals surface area contributed by atoms with Crippen LogP contribution in [0.1, 0.15) is 33.6 Å². The molecule has 9 heteroatoms. The number of benzene rings is 2. The molecule has 0 radical (unpaired) electrons. The lowest BCUT2D eigenvalue weighted by Gasteiger charge is -2.32. The van der Waals surface area contributed by atoms with Crippen molar-refractivity contribution in [2.24, 2.45) is 0 Å². The second kappa shape index (κ2) is 8.81. The van der Waals surface area contributed by atoms with E-state index < -0.39 is 23.2 Å². The van der Waals surface area contributed by atoms with Gasteiger partial charge in [0.2, 0.25) is 0 Å². The summed E-state index contributed by atoms with van der Waals surface area (Å²) in [5, 5.41) is 31.3. The van der Waals surface area contributed by atoms with Crippen molar-refractivity contribution in [2.75, 3.05) is 27.3 Å². The highest BCUT2D eigenvalue weighted by molar-refractivity contribution is 5.96. The van der Waals surface area contributed by atoms with Crippen molar-refractivity contribution in [1.82, 2.24) is 10.2 Å². The van der Waals surface area contributed by atoms with Crippen LogP contribution in [-0.4, -0.2) is 65.4 Å². The van der Waals surface area contributed by atoms with Crippen molar-refractivity contribution in [1.29, 1.82) is 0 Å². The summed E-state index contributed by atoms with van der Waals surface area (Å²) in [6.07, 6.45) is 1.11. The molecular weight excluding hydrogens is 392 g/mol. The van der Waals surface area contributed by atoms with E-state index in [1.807, 2.05) is 0 Å². The van der Waals surface area contributed by atoms with Crippen molar-refractivity contribution in [2.45, 2.75) is 18.9 Å². The number of carbonyl (C=O) groups excluding carboxylic acids is 2. The third-order valence-corrected chi connectivity index (χ3v) is 5.08. The number of likely N-dealkylation sites (tertiary alicyclic amines) is 1. The first-order chi connectivity index (χ1) is 14.3. The van der Waals surface area contributed by atoms with E-state index in [1.165, 1.54) is 14.2 Å². The van der Waals surface area contributed by atoms with Crippen LogP contribution in [0.25, 0.3) is 0 Å². The number of piperidine rings is 1. The summed E-state index contributed by atoms with van der Waals surface area (Å²) in [6, 6.07) is 7.01. The van der Waals surface area contributed by atoms with Gasteiger partial charge in [0.1, 0.15) is 0 Å². The number of hydrogen-bond acceptors (Lipinski definition) is 7. The number of methoxy groups -OCH3 is 2. The summed E-state index contributed by atoms with van der Waals surface area (Å²) in [5.74, 6) is -1.41. The lowest BCUT2D eigenvalue weighted by molar-refractivity contribution is 0.0697. The van der Waals surface area contributed by atoms with Crippen molar-refractivity contribution in [3.8, 4) is 28.7 Å². The molecule has 2 aromatic carbocycles. The maximum atomic E-state index is 12.8. The minimum atomic E-state index is -0.673. The summed E-state index contributed by atoms with van der Waals surface area (Å²) in [6.45, 7) is 0.925. The van der Waals surface area contributed by atoms with Crippen LogP contribution in [0.15, 0.2) is 30.3 Å². The van der Waals surface area contributed by atoms with E-state index in [1.54, 1.807) is 23.1 Å². The van der Waals surface area contributed by atoms with Gasteiger partial charge in [-0.3, -0.25) is 9.59 Å². The Morgan fingerprint density at radius 2 is 1.53 bits per heavy atom. The lowest BCUT2D eigenvalue weighted by atomic mass is 10.0. The fourth-order valence-corrected chi connectivity index (χ4v) is 3.38. The number of nitrogens with one attached hydrogen (secondary N) is 1. The van der Waals surface area contributed by atoms with Crippen LogP contribution in [0.3, 0.4) is 0 Å². The molecule has 0 aromatic heterocycles. The van der Waals surface area contributed by atoms with Crippen LogP contribution in [0.4, 0.5) is 0 Å². The average molecular weight is 416 g/mol. The summed E-state index contributed by atoms with van der Waals surface area (Å²) < 4.78 is 10.4. The van der Waals surface area contributed by atoms with Gasteiger partial charge in [0, 0.05) is 30.3 Å². The first kappa shape index (κ1) is 21.1. The molecule has 0 unspecified atom stereocenters. The Hall–Kier alpha value is -3.62. The molecule has 30 heavy (non-hydrogen) atoms. The van der Waals surface area contributed by atoms with Gasteiger partial charge in [-0.25, -0.2) is 0 Å². The van der Waals surface area contributed by atoms with Crippen LogP contribution in [0, 0.1) is 0 Å². The zero-order chi connectivity index (χ0) is 21.8. The molecule has 1 aliphatic rings. The predicted octanol–water partition coefficient (Wildman–Crippen LogP) is 1.86. The Kier molecular flexibility index (Phi) is 6.20. The number of rotatable bonds is 5. The summed E-state index contributed by atoms with van der Waals surface area (Å²) in [4.78, 5) is 26.9. The Labute approximate surface area is 173 Å². The largest absolute Gasteiger partial charge is 0.504 e. The third kappa shape index (κ3) is 4.35. The summed E-state index contributed by atoms with van der Waals surface area (Å²) in [7, 11) is 3.03. The van der Waals surface area contributed by atoms with Gasteiger partial charge in [0.05, 0.1) is 14.2 Å². The topological polar surface area (TPSA) is 129 Å². The van der Waals surface area contributed by atoms with Gasteiger partial charge in [-0.1, -0.05) is 0 Å². The monoisotopic (exact) mass is 416 g/mol. The minimum Gasteiger partial charge on any atom is -0.504 e. The maximum Gasteiger partial charge on any atom is 0.253 e. The number of amides is 2. The van der Waals surface area contributed by atoms with Gasteiger partial charge in [0.15, 0.2) is 28.7 Å². The number of ether oxygens (including phenoxy) is 2. The van der Waals surface area contributed by atoms with Crippen LogP contribution < -0.4 is 14.8 Å². The number of hydrogen-bond donors (Lipinski definition) is 4. The fourth-order valence-electron chi connectivity index (χ4n) is 3.38. The van der Waals surface area contributed by atoms with E-state index in [2.05, 4.69) is 5.32 Å². The third-order valence-electron chi connectivity index (χ3n) is 5.08. The maximum absolute atomic E-state index is 12.8. The number of phenols is 3. The van der Waals surface area contributed by atoms with E-state index in [0.717, 1.165) is 12.1 Å². The van der Waals surface area contributed by atoms with E-state index in [4.69, 9.17) is 9.47 Å². The molecule has 1 saturated heterocycles. The number of aromatic hydroxyl groups is 3. The zero-order valence-corrected chi connectivity index (χ0v) is 16.7. The van der Waals surface area contributed by atoms with Gasteiger partial charge >= 0.3 is 0 Å². The molecule has 1 heterocycles. The Balaban J connectivity index is 1.59. The highest BCUT2D eigenvalue weighted by atomic mass is 16.5. The molecule has 160 valence electrons. The predicted molar refractivity (Wildman–Crippen MR) is 107 cm³/mol. The van der Waals surface area contributed by atoms with Crippen molar-refractivity contribution >= 4 is 11.8 Å². The number of nitrogens with zero attached hydrogens (tertiary/aromatic N) is 1. The molecular formula is C21H24N2O7. The Morgan fingerprint density at radius 3 is 2.10 bits per heavy atom. The number of phenolic OH excluding ortho intramolecular Hbond substituents is 3. The standard InChI is InChI=1S/C21H24N2O7/c1-29-17-4-3-12(11-18(17)30-2)21(28)23-7-5-14(6-8-23)22-20(27)13-9-15(24)19(26)16(25)10-13/h3-4,9-11,14,24-26H,5-8H2,1-2H3,(H,22,27). The van der Waals surface area contributed by atoms with Gasteiger partial charge in [-0.05, 0) is 43.2 Å². The second-order valence-corrected chi connectivity index (χ2v) is 6.97. The number of carbonyl (C=O) groups is 2. The molecule has 4 N–H and O–H groups in total. The second-order valence-electron chi connectivity index (χ2n) is 6.97. The molecule has 0 atom stereocenters. The molecule has 2 aromatic rings. The van der Waals surface area contributed by atoms with E-state index >= 15 is 0 Å². The fraction of sp³-hybridized carbons (Fsp3) is 0.333. The van der Waals surface area contributed by atoms with Crippen LogP contribution in [0.2, 0.25) is 0 Å². The lowest BCUT2D eigenvalue weighted by Crippen LogP contribution is -2.46. The van der Waals surface area contributed by atoms with Gasteiger partial charge < -0.3 is 35.0 Å². The first-order valence-corrected chi connectivity index (χ1v) is 9.41. The normalized spacial score (nSPS) is 14.3. The molecule has 0 aliphatic carbocycles. The molecule has 0 bridgehead atoms. The van der Waals surface area contributed by atoms with E-state index in [9.17, 15) is 24.9 Å². The van der Waals surface area contributed by atoms with Gasteiger partial charge in [0.25, 0.3) is 11.8 Å². The minimum absolute atomic E-state index is 0.0339. The molecule has 3 rings (SSSR count). The molecule has 9 nitrogen and oxygen atoms in total. The van der Waals surface area contributed by atoms with Crippen LogP contribution in [-0.2, 0) is 0 Å². The first-order valence-electron chi connectivity index (χ1n) is 9.41. The highest BCUT2D eigenvalue weighted by Gasteiger charge is 2.26. The quantitative estimate of drug-likeness (QED) is 0.548. The van der Waals surface area contributed by atoms with Crippen molar-refractivity contribution < 1.29 is 34.4 Å². The molecule has 1 aliphatic heterocycles. The Bertz CT molecular complexity index is 929. The SMILES string of the molecule is COc1ccc(C(=O)N2CCC(NC(=O)c3cc(O)c(O)c(O)c3)CC2)cc1OC. The molecule has 2 amide bonds.